The van der Waals surface area contributed by atoms with E-state index in [2.05, 4.69) is 20.8 Å². The van der Waals surface area contributed by atoms with E-state index in [1.807, 2.05) is 0 Å². The summed E-state index contributed by atoms with van der Waals surface area (Å²) in [5, 5.41) is 14.3. The van der Waals surface area contributed by atoms with Gasteiger partial charge in [-0.25, -0.2) is 0 Å². The number of amides is 4. The summed E-state index contributed by atoms with van der Waals surface area (Å²) in [7, 11) is 3.03. The highest BCUT2D eigenvalue weighted by Gasteiger charge is 2.37. The van der Waals surface area contributed by atoms with E-state index in [-0.39, 0.29) is 23.6 Å². The number of benzene rings is 4. The summed E-state index contributed by atoms with van der Waals surface area (Å²) in [4.78, 5) is 56.4. The SMILES string of the molecule is COc1ccccc1C(=O)N1CCC[C@H]1C(=O)Nc1ccc(-c2nnc(-c3ccc(NC(=O)[C@@H]4CCCN4C(=O)c4ccccc4OC)cc3)o2)cc1. The number of rotatable bonds is 10. The fourth-order valence-electron chi connectivity index (χ4n) is 6.82. The van der Waals surface area contributed by atoms with Crippen molar-refractivity contribution in [2.45, 2.75) is 37.8 Å². The molecule has 4 aromatic carbocycles. The number of carbonyl (C=O) groups is 4. The van der Waals surface area contributed by atoms with E-state index in [1.54, 1.807) is 107 Å². The van der Waals surface area contributed by atoms with Crippen LogP contribution < -0.4 is 20.1 Å². The number of methoxy groups -OCH3 is 2. The predicted octanol–water partition coefficient (Wildman–Crippen LogP) is 5.91. The van der Waals surface area contributed by atoms with Gasteiger partial charge in [0, 0.05) is 35.6 Å². The van der Waals surface area contributed by atoms with Gasteiger partial charge in [0.05, 0.1) is 25.3 Å². The second-order valence-electron chi connectivity index (χ2n) is 12.8. The van der Waals surface area contributed by atoms with Gasteiger partial charge in [0.1, 0.15) is 23.6 Å². The molecular formula is C40H38N6O7. The Morgan fingerprint density at radius 3 is 1.40 bits per heavy atom. The van der Waals surface area contributed by atoms with Crippen LogP contribution in [0.3, 0.4) is 0 Å². The lowest BCUT2D eigenvalue weighted by atomic mass is 10.1. The molecule has 270 valence electrons. The van der Waals surface area contributed by atoms with Gasteiger partial charge in [0.2, 0.25) is 23.6 Å². The average Bonchev–Trinajstić information content (AvgIpc) is 4.00. The minimum Gasteiger partial charge on any atom is -0.496 e. The summed E-state index contributed by atoms with van der Waals surface area (Å²) in [5.41, 5.74) is 3.29. The number of para-hydroxylation sites is 2. The number of hydrogen-bond acceptors (Lipinski definition) is 9. The highest BCUT2D eigenvalue weighted by Crippen LogP contribution is 2.30. The molecule has 2 aliphatic heterocycles. The van der Waals surface area contributed by atoms with Crippen molar-refractivity contribution in [3.8, 4) is 34.4 Å². The molecule has 3 heterocycles. The molecule has 2 N–H and O–H groups in total. The van der Waals surface area contributed by atoms with Crippen molar-refractivity contribution in [2.24, 2.45) is 0 Å². The van der Waals surface area contributed by atoms with E-state index in [9.17, 15) is 19.2 Å². The minimum absolute atomic E-state index is 0.239. The summed E-state index contributed by atoms with van der Waals surface area (Å²) in [6.45, 7) is 0.968. The number of ether oxygens (including phenoxy) is 2. The zero-order chi connectivity index (χ0) is 36.9. The Balaban J connectivity index is 0.955. The zero-order valence-electron chi connectivity index (χ0n) is 29.3. The lowest BCUT2D eigenvalue weighted by Gasteiger charge is -2.24. The fraction of sp³-hybridized carbons (Fsp3) is 0.250. The summed E-state index contributed by atoms with van der Waals surface area (Å²) < 4.78 is 16.7. The van der Waals surface area contributed by atoms with Crippen molar-refractivity contribution >= 4 is 35.0 Å². The quantitative estimate of drug-likeness (QED) is 0.180. The molecule has 4 amide bonds. The Hall–Kier alpha value is -6.50. The first kappa shape index (κ1) is 34.9. The van der Waals surface area contributed by atoms with Crippen LogP contribution in [0.15, 0.2) is 101 Å². The molecule has 2 aliphatic rings. The van der Waals surface area contributed by atoms with Crippen LogP contribution in [0.2, 0.25) is 0 Å². The lowest BCUT2D eigenvalue weighted by Crippen LogP contribution is -2.43. The third kappa shape index (κ3) is 7.31. The van der Waals surface area contributed by atoms with Crippen LogP contribution in [0.4, 0.5) is 11.4 Å². The van der Waals surface area contributed by atoms with Gasteiger partial charge in [-0.15, -0.1) is 10.2 Å². The first-order valence-corrected chi connectivity index (χ1v) is 17.4. The molecule has 1 aromatic heterocycles. The van der Waals surface area contributed by atoms with Crippen molar-refractivity contribution in [1.82, 2.24) is 20.0 Å². The van der Waals surface area contributed by atoms with Crippen molar-refractivity contribution in [1.29, 1.82) is 0 Å². The van der Waals surface area contributed by atoms with Gasteiger partial charge >= 0.3 is 0 Å². The van der Waals surface area contributed by atoms with Gasteiger partial charge < -0.3 is 34.3 Å². The van der Waals surface area contributed by atoms with Gasteiger partial charge in [0.25, 0.3) is 11.8 Å². The average molecular weight is 715 g/mol. The van der Waals surface area contributed by atoms with E-state index in [1.165, 1.54) is 14.2 Å². The standard InChI is InChI=1S/C40H38N6O7/c1-51-33-13-5-3-9-29(33)39(49)45-23-7-11-31(45)35(47)41-27-19-15-25(16-20-27)37-43-44-38(53-37)26-17-21-28(22-18-26)42-36(48)32-12-8-24-46(32)40(50)30-10-4-6-14-34(30)52-2/h3-6,9-10,13-22,31-32H,7-8,11-12,23-24H2,1-2H3,(H,41,47)(H,42,48)/t31-,32-/m0/s1. The van der Waals surface area contributed by atoms with Crippen LogP contribution in [-0.2, 0) is 9.59 Å². The van der Waals surface area contributed by atoms with E-state index in [0.717, 1.165) is 12.8 Å². The van der Waals surface area contributed by atoms with Crippen LogP contribution in [0.5, 0.6) is 11.5 Å². The zero-order valence-corrected chi connectivity index (χ0v) is 29.3. The van der Waals surface area contributed by atoms with Crippen LogP contribution in [0.1, 0.15) is 46.4 Å². The first-order chi connectivity index (χ1) is 25.8. The second kappa shape index (κ2) is 15.4. The Kier molecular flexibility index (Phi) is 10.1. The van der Waals surface area contributed by atoms with Gasteiger partial charge in [-0.1, -0.05) is 24.3 Å². The van der Waals surface area contributed by atoms with E-state index in [4.69, 9.17) is 13.9 Å². The molecule has 0 spiro atoms. The highest BCUT2D eigenvalue weighted by molar-refractivity contribution is 6.04. The largest absolute Gasteiger partial charge is 0.496 e. The van der Waals surface area contributed by atoms with Gasteiger partial charge in [-0.05, 0) is 98.5 Å². The maximum Gasteiger partial charge on any atom is 0.258 e. The molecule has 2 fully saturated rings. The molecule has 13 nitrogen and oxygen atoms in total. The Morgan fingerprint density at radius 2 is 1.00 bits per heavy atom. The third-order valence-corrected chi connectivity index (χ3v) is 9.53. The van der Waals surface area contributed by atoms with Crippen molar-refractivity contribution in [3.63, 3.8) is 0 Å². The molecule has 0 saturated carbocycles. The number of likely N-dealkylation sites (tertiary alicyclic amines) is 2. The monoisotopic (exact) mass is 714 g/mol. The Morgan fingerprint density at radius 1 is 0.604 bits per heavy atom. The topological polar surface area (TPSA) is 156 Å². The number of aromatic nitrogens is 2. The van der Waals surface area contributed by atoms with Crippen LogP contribution in [-0.4, -0.2) is 83.0 Å². The number of nitrogens with zero attached hydrogens (tertiary/aromatic N) is 4. The molecule has 53 heavy (non-hydrogen) atoms. The molecule has 0 aliphatic carbocycles. The minimum atomic E-state index is -0.601. The number of carbonyl (C=O) groups excluding carboxylic acids is 4. The smallest absolute Gasteiger partial charge is 0.258 e. The maximum absolute atomic E-state index is 13.3. The summed E-state index contributed by atoms with van der Waals surface area (Å²) >= 11 is 0. The molecular weight excluding hydrogens is 676 g/mol. The van der Waals surface area contributed by atoms with Gasteiger partial charge in [0.15, 0.2) is 0 Å². The molecule has 2 atom stereocenters. The van der Waals surface area contributed by atoms with Crippen LogP contribution in [0.25, 0.3) is 22.9 Å². The summed E-state index contributed by atoms with van der Waals surface area (Å²) in [6.07, 6.45) is 2.57. The van der Waals surface area contributed by atoms with E-state index in [0.29, 0.717) is 82.8 Å². The maximum atomic E-state index is 13.3. The molecule has 2 saturated heterocycles. The number of hydrogen-bond donors (Lipinski definition) is 2. The van der Waals surface area contributed by atoms with Crippen molar-refractivity contribution in [2.75, 3.05) is 37.9 Å². The molecule has 0 bridgehead atoms. The normalized spacial score (nSPS) is 16.6. The van der Waals surface area contributed by atoms with Gasteiger partial charge in [-0.3, -0.25) is 19.2 Å². The molecule has 0 radical (unpaired) electrons. The number of anilines is 2. The van der Waals surface area contributed by atoms with Crippen LogP contribution >= 0.6 is 0 Å². The second-order valence-corrected chi connectivity index (χ2v) is 12.8. The molecule has 7 rings (SSSR count). The highest BCUT2D eigenvalue weighted by atomic mass is 16.5. The molecule has 5 aromatic rings. The summed E-state index contributed by atoms with van der Waals surface area (Å²) in [6, 6.07) is 26.8. The first-order valence-electron chi connectivity index (χ1n) is 17.4. The Labute approximate surface area is 305 Å². The van der Waals surface area contributed by atoms with Gasteiger partial charge in [-0.2, -0.15) is 0 Å². The summed E-state index contributed by atoms with van der Waals surface area (Å²) in [5.74, 6) is 0.516. The Bertz CT molecular complexity index is 1980. The number of nitrogens with one attached hydrogen (secondary N) is 2. The van der Waals surface area contributed by atoms with Crippen molar-refractivity contribution < 1.29 is 33.1 Å². The van der Waals surface area contributed by atoms with Crippen molar-refractivity contribution in [3.05, 3.63) is 108 Å². The lowest BCUT2D eigenvalue weighted by molar-refractivity contribution is -0.120. The van der Waals surface area contributed by atoms with E-state index < -0.39 is 12.1 Å². The third-order valence-electron chi connectivity index (χ3n) is 9.53. The van der Waals surface area contributed by atoms with E-state index >= 15 is 0 Å². The fourth-order valence-corrected chi connectivity index (χ4v) is 6.82. The predicted molar refractivity (Wildman–Crippen MR) is 197 cm³/mol. The molecule has 13 heteroatoms. The molecule has 0 unspecified atom stereocenters. The van der Waals surface area contributed by atoms with Crippen LogP contribution in [0, 0.1) is 0 Å².